The van der Waals surface area contributed by atoms with Crippen molar-refractivity contribution < 1.29 is 14.3 Å². The third kappa shape index (κ3) is 1.71. The number of halogens is 1. The quantitative estimate of drug-likeness (QED) is 0.465. The molecule has 0 radical (unpaired) electrons. The van der Waals surface area contributed by atoms with Crippen molar-refractivity contribution in [3.63, 3.8) is 0 Å². The lowest BCUT2D eigenvalue weighted by Crippen LogP contribution is -2.21. The van der Waals surface area contributed by atoms with Gasteiger partial charge in [-0.1, -0.05) is 6.92 Å². The van der Waals surface area contributed by atoms with Gasteiger partial charge in [-0.05, 0) is 18.0 Å². The van der Waals surface area contributed by atoms with E-state index in [0.29, 0.717) is 13.0 Å². The predicted octanol–water partition coefficient (Wildman–Crippen LogP) is 0.951. The minimum absolute atomic E-state index is 0.300. The SMILES string of the molecule is CC(C(=O)Cl)C1CCOC1=O. The van der Waals surface area contributed by atoms with Crippen molar-refractivity contribution in [3.8, 4) is 0 Å². The summed E-state index contributed by atoms with van der Waals surface area (Å²) in [6.45, 7) is 2.06. The molecule has 0 aliphatic carbocycles. The summed E-state index contributed by atoms with van der Waals surface area (Å²) in [5, 5.41) is -0.464. The molecule has 2 atom stereocenters. The average molecular weight is 177 g/mol. The van der Waals surface area contributed by atoms with Gasteiger partial charge in [0.2, 0.25) is 5.24 Å². The molecule has 1 aliphatic heterocycles. The zero-order valence-corrected chi connectivity index (χ0v) is 6.93. The molecule has 62 valence electrons. The van der Waals surface area contributed by atoms with E-state index in [0.717, 1.165) is 0 Å². The first-order chi connectivity index (χ1) is 5.13. The summed E-state index contributed by atoms with van der Waals surface area (Å²) in [5.74, 6) is -1.03. The summed E-state index contributed by atoms with van der Waals surface area (Å²) in [4.78, 5) is 21.5. The normalized spacial score (nSPS) is 26.4. The monoisotopic (exact) mass is 176 g/mol. The van der Waals surface area contributed by atoms with Gasteiger partial charge < -0.3 is 4.74 Å². The van der Waals surface area contributed by atoms with Crippen LogP contribution in [-0.2, 0) is 14.3 Å². The van der Waals surface area contributed by atoms with Gasteiger partial charge in [-0.2, -0.15) is 0 Å². The summed E-state index contributed by atoms with van der Waals surface area (Å²) in [7, 11) is 0. The van der Waals surface area contributed by atoms with E-state index in [4.69, 9.17) is 11.6 Å². The second kappa shape index (κ2) is 3.22. The Balaban J connectivity index is 2.59. The lowest BCUT2D eigenvalue weighted by atomic mass is 9.94. The summed E-state index contributed by atoms with van der Waals surface area (Å²) in [6.07, 6.45) is 0.610. The number of carbonyl (C=O) groups excluding carboxylic acids is 2. The van der Waals surface area contributed by atoms with Crippen LogP contribution in [0.3, 0.4) is 0 Å². The van der Waals surface area contributed by atoms with Gasteiger partial charge in [0.15, 0.2) is 0 Å². The molecule has 0 aromatic carbocycles. The van der Waals surface area contributed by atoms with Crippen LogP contribution in [0.5, 0.6) is 0 Å². The second-order valence-electron chi connectivity index (χ2n) is 2.66. The predicted molar refractivity (Wildman–Crippen MR) is 39.1 cm³/mol. The molecular weight excluding hydrogens is 168 g/mol. The van der Waals surface area contributed by atoms with Crippen LogP contribution in [0.2, 0.25) is 0 Å². The van der Waals surface area contributed by atoms with Gasteiger partial charge in [-0.3, -0.25) is 9.59 Å². The highest BCUT2D eigenvalue weighted by Gasteiger charge is 2.34. The Hall–Kier alpha value is -0.570. The zero-order chi connectivity index (χ0) is 8.43. The lowest BCUT2D eigenvalue weighted by Gasteiger charge is -2.09. The molecule has 1 rings (SSSR count). The van der Waals surface area contributed by atoms with Crippen LogP contribution in [0.1, 0.15) is 13.3 Å². The molecule has 1 fully saturated rings. The summed E-state index contributed by atoms with van der Waals surface area (Å²) in [6, 6.07) is 0. The van der Waals surface area contributed by atoms with Gasteiger partial charge in [0.1, 0.15) is 0 Å². The summed E-state index contributed by atoms with van der Waals surface area (Å²) in [5.41, 5.74) is 0. The fraction of sp³-hybridized carbons (Fsp3) is 0.714. The molecule has 0 spiro atoms. The second-order valence-corrected chi connectivity index (χ2v) is 3.03. The van der Waals surface area contributed by atoms with Crippen LogP contribution in [0.4, 0.5) is 0 Å². The van der Waals surface area contributed by atoms with Crippen molar-refractivity contribution in [1.82, 2.24) is 0 Å². The number of rotatable bonds is 2. The number of ether oxygens (including phenoxy) is 1. The molecule has 4 heteroatoms. The van der Waals surface area contributed by atoms with Gasteiger partial charge in [0.25, 0.3) is 0 Å². The highest BCUT2D eigenvalue weighted by molar-refractivity contribution is 6.64. The molecule has 0 N–H and O–H groups in total. The van der Waals surface area contributed by atoms with Crippen molar-refractivity contribution in [1.29, 1.82) is 0 Å². The molecular formula is C7H9ClO3. The number of hydrogen-bond donors (Lipinski definition) is 0. The largest absolute Gasteiger partial charge is 0.465 e. The van der Waals surface area contributed by atoms with Crippen LogP contribution in [0.25, 0.3) is 0 Å². The Morgan fingerprint density at radius 2 is 2.45 bits per heavy atom. The van der Waals surface area contributed by atoms with Gasteiger partial charge in [-0.15, -0.1) is 0 Å². The van der Waals surface area contributed by atoms with Crippen molar-refractivity contribution in [2.24, 2.45) is 11.8 Å². The van der Waals surface area contributed by atoms with E-state index in [1.807, 2.05) is 0 Å². The minimum Gasteiger partial charge on any atom is -0.465 e. The van der Waals surface area contributed by atoms with E-state index in [-0.39, 0.29) is 11.9 Å². The Morgan fingerprint density at radius 1 is 1.82 bits per heavy atom. The van der Waals surface area contributed by atoms with E-state index < -0.39 is 11.2 Å². The highest BCUT2D eigenvalue weighted by Crippen LogP contribution is 2.24. The fourth-order valence-corrected chi connectivity index (χ4v) is 1.28. The number of esters is 1. The Bertz CT molecular complexity index is 190. The molecule has 0 saturated carbocycles. The van der Waals surface area contributed by atoms with Gasteiger partial charge in [-0.25, -0.2) is 0 Å². The van der Waals surface area contributed by atoms with Crippen molar-refractivity contribution in [2.45, 2.75) is 13.3 Å². The maximum Gasteiger partial charge on any atom is 0.309 e. The molecule has 1 saturated heterocycles. The summed E-state index contributed by atoms with van der Waals surface area (Å²) >= 11 is 5.23. The molecule has 1 aliphatic rings. The molecule has 3 nitrogen and oxygen atoms in total. The van der Waals surface area contributed by atoms with Crippen molar-refractivity contribution >= 4 is 22.8 Å². The minimum atomic E-state index is -0.464. The van der Waals surface area contributed by atoms with E-state index >= 15 is 0 Å². The first-order valence-corrected chi connectivity index (χ1v) is 3.86. The Kier molecular flexibility index (Phi) is 2.49. The number of hydrogen-bond acceptors (Lipinski definition) is 3. The standard InChI is InChI=1S/C7H9ClO3/c1-4(6(8)9)5-2-3-11-7(5)10/h4-5H,2-3H2,1H3. The number of cyclic esters (lactones) is 1. The molecule has 0 amide bonds. The Labute approximate surface area is 69.7 Å². The van der Waals surface area contributed by atoms with Gasteiger partial charge >= 0.3 is 5.97 Å². The topological polar surface area (TPSA) is 43.4 Å². The van der Waals surface area contributed by atoms with Gasteiger partial charge in [0, 0.05) is 5.92 Å². The highest BCUT2D eigenvalue weighted by atomic mass is 35.5. The third-order valence-electron chi connectivity index (χ3n) is 1.94. The van der Waals surface area contributed by atoms with E-state index in [1.54, 1.807) is 6.92 Å². The molecule has 2 unspecified atom stereocenters. The third-order valence-corrected chi connectivity index (χ3v) is 2.28. The van der Waals surface area contributed by atoms with Gasteiger partial charge in [0.05, 0.1) is 12.5 Å². The van der Waals surface area contributed by atoms with E-state index in [1.165, 1.54) is 0 Å². The number of carbonyl (C=O) groups is 2. The van der Waals surface area contributed by atoms with E-state index in [9.17, 15) is 9.59 Å². The fourth-order valence-electron chi connectivity index (χ4n) is 1.12. The smallest absolute Gasteiger partial charge is 0.309 e. The maximum atomic E-state index is 10.9. The van der Waals surface area contributed by atoms with Crippen LogP contribution in [0.15, 0.2) is 0 Å². The van der Waals surface area contributed by atoms with E-state index in [2.05, 4.69) is 4.74 Å². The van der Waals surface area contributed by atoms with Crippen LogP contribution >= 0.6 is 11.6 Å². The van der Waals surface area contributed by atoms with Crippen molar-refractivity contribution in [3.05, 3.63) is 0 Å². The molecule has 0 bridgehead atoms. The Morgan fingerprint density at radius 3 is 2.82 bits per heavy atom. The molecule has 0 aromatic rings. The van der Waals surface area contributed by atoms with Crippen LogP contribution < -0.4 is 0 Å². The average Bonchev–Trinajstić information content (AvgIpc) is 2.33. The van der Waals surface area contributed by atoms with Crippen molar-refractivity contribution in [2.75, 3.05) is 6.61 Å². The van der Waals surface area contributed by atoms with Crippen LogP contribution in [0, 0.1) is 11.8 Å². The first-order valence-electron chi connectivity index (χ1n) is 3.49. The summed E-state index contributed by atoms with van der Waals surface area (Å²) < 4.78 is 4.69. The van der Waals surface area contributed by atoms with Crippen LogP contribution in [-0.4, -0.2) is 17.8 Å². The lowest BCUT2D eigenvalue weighted by molar-refractivity contribution is -0.143. The molecule has 0 aromatic heterocycles. The maximum absolute atomic E-state index is 10.9. The molecule has 1 heterocycles. The first kappa shape index (κ1) is 8.53. The zero-order valence-electron chi connectivity index (χ0n) is 6.17. The molecule has 11 heavy (non-hydrogen) atoms.